The van der Waals surface area contributed by atoms with Crippen LogP contribution in [0.4, 0.5) is 0 Å². The fourth-order valence-corrected chi connectivity index (χ4v) is 3.90. The predicted octanol–water partition coefficient (Wildman–Crippen LogP) is 1.29. The van der Waals surface area contributed by atoms with Gasteiger partial charge in [-0.15, -0.1) is 0 Å². The summed E-state index contributed by atoms with van der Waals surface area (Å²) < 4.78 is 25.7. The van der Waals surface area contributed by atoms with Gasteiger partial charge in [0.1, 0.15) is 0 Å². The number of hydrogen-bond acceptors (Lipinski definition) is 4. The smallest absolute Gasteiger partial charge is 0.240 e. The standard InChI is InChI=1S/C19H29N3O4S/c1-3-12-21-19(24)16-5-4-13-22(14-16)18(23)11-8-15-6-9-17(10-7-15)27(25,26)20-2/h6-7,9-10,16,20H,3-5,8,11-14H2,1-2H3,(H,21,24). The molecule has 0 aromatic heterocycles. The fraction of sp³-hybridized carbons (Fsp3) is 0.579. The van der Waals surface area contributed by atoms with E-state index in [-0.39, 0.29) is 22.6 Å². The first-order valence-corrected chi connectivity index (χ1v) is 10.9. The lowest BCUT2D eigenvalue weighted by Gasteiger charge is -2.32. The number of benzene rings is 1. The van der Waals surface area contributed by atoms with Gasteiger partial charge in [0.15, 0.2) is 0 Å². The highest BCUT2D eigenvalue weighted by Gasteiger charge is 2.27. The second-order valence-corrected chi connectivity index (χ2v) is 8.71. The van der Waals surface area contributed by atoms with Crippen LogP contribution in [0, 0.1) is 5.92 Å². The Bertz CT molecular complexity index is 747. The zero-order chi connectivity index (χ0) is 19.9. The van der Waals surface area contributed by atoms with Crippen LogP contribution < -0.4 is 10.0 Å². The lowest BCUT2D eigenvalue weighted by molar-refractivity contribution is -0.135. The van der Waals surface area contributed by atoms with E-state index in [9.17, 15) is 18.0 Å². The van der Waals surface area contributed by atoms with E-state index in [1.54, 1.807) is 29.2 Å². The second-order valence-electron chi connectivity index (χ2n) is 6.82. The Balaban J connectivity index is 1.87. The Kier molecular flexibility index (Phi) is 7.79. The van der Waals surface area contributed by atoms with E-state index >= 15 is 0 Å². The molecule has 1 fully saturated rings. The molecule has 1 saturated heterocycles. The number of sulfonamides is 1. The van der Waals surface area contributed by atoms with E-state index in [0.29, 0.717) is 32.5 Å². The van der Waals surface area contributed by atoms with Gasteiger partial charge in [-0.2, -0.15) is 0 Å². The van der Waals surface area contributed by atoms with Crippen molar-refractivity contribution >= 4 is 21.8 Å². The van der Waals surface area contributed by atoms with E-state index in [0.717, 1.165) is 24.8 Å². The Labute approximate surface area is 161 Å². The van der Waals surface area contributed by atoms with Crippen molar-refractivity contribution in [1.82, 2.24) is 14.9 Å². The molecule has 8 heteroatoms. The van der Waals surface area contributed by atoms with Gasteiger partial charge in [-0.05, 0) is 50.4 Å². The first kappa shape index (κ1) is 21.4. The molecule has 2 N–H and O–H groups in total. The molecule has 0 spiro atoms. The molecule has 7 nitrogen and oxygen atoms in total. The third kappa shape index (κ3) is 6.04. The highest BCUT2D eigenvalue weighted by atomic mass is 32.2. The van der Waals surface area contributed by atoms with Gasteiger partial charge < -0.3 is 10.2 Å². The van der Waals surface area contributed by atoms with Crippen molar-refractivity contribution in [3.8, 4) is 0 Å². The topological polar surface area (TPSA) is 95.6 Å². The predicted molar refractivity (Wildman–Crippen MR) is 104 cm³/mol. The molecule has 1 aromatic carbocycles. The van der Waals surface area contributed by atoms with E-state index in [2.05, 4.69) is 10.0 Å². The average Bonchev–Trinajstić information content (AvgIpc) is 2.70. The zero-order valence-electron chi connectivity index (χ0n) is 16.0. The van der Waals surface area contributed by atoms with Crippen LogP contribution >= 0.6 is 0 Å². The van der Waals surface area contributed by atoms with Gasteiger partial charge in [0, 0.05) is 26.1 Å². The molecular formula is C19H29N3O4S. The molecule has 1 heterocycles. The molecule has 0 saturated carbocycles. The normalized spacial score (nSPS) is 17.6. The number of hydrogen-bond donors (Lipinski definition) is 2. The summed E-state index contributed by atoms with van der Waals surface area (Å²) in [7, 11) is -2.08. The minimum absolute atomic E-state index is 0.0370. The minimum atomic E-state index is -3.45. The molecule has 1 aliphatic rings. The molecule has 1 unspecified atom stereocenters. The van der Waals surface area contributed by atoms with E-state index < -0.39 is 10.0 Å². The summed E-state index contributed by atoms with van der Waals surface area (Å²) in [5.74, 6) is -0.0501. The van der Waals surface area contributed by atoms with Gasteiger partial charge in [-0.25, -0.2) is 13.1 Å². The summed E-state index contributed by atoms with van der Waals surface area (Å²) in [6.07, 6.45) is 3.45. The molecule has 27 heavy (non-hydrogen) atoms. The van der Waals surface area contributed by atoms with Crippen molar-refractivity contribution in [2.24, 2.45) is 5.92 Å². The third-order valence-electron chi connectivity index (χ3n) is 4.82. The molecule has 150 valence electrons. The van der Waals surface area contributed by atoms with Crippen LogP contribution in [-0.2, 0) is 26.0 Å². The Morgan fingerprint density at radius 3 is 2.56 bits per heavy atom. The number of likely N-dealkylation sites (tertiary alicyclic amines) is 1. The summed E-state index contributed by atoms with van der Waals surface area (Å²) in [6.45, 7) is 3.85. The van der Waals surface area contributed by atoms with Crippen molar-refractivity contribution in [3.63, 3.8) is 0 Å². The van der Waals surface area contributed by atoms with Crippen molar-refractivity contribution in [1.29, 1.82) is 0 Å². The molecular weight excluding hydrogens is 366 g/mol. The van der Waals surface area contributed by atoms with E-state index in [1.807, 2.05) is 6.92 Å². The second kappa shape index (κ2) is 9.85. The maximum absolute atomic E-state index is 12.5. The monoisotopic (exact) mass is 395 g/mol. The minimum Gasteiger partial charge on any atom is -0.356 e. The molecule has 0 radical (unpaired) electrons. The SMILES string of the molecule is CCCNC(=O)C1CCCN(C(=O)CCc2ccc(S(=O)(=O)NC)cc2)C1. The van der Waals surface area contributed by atoms with Crippen LogP contribution in [0.2, 0.25) is 0 Å². The molecule has 1 aliphatic heterocycles. The fourth-order valence-electron chi connectivity index (χ4n) is 3.17. The summed E-state index contributed by atoms with van der Waals surface area (Å²) in [5.41, 5.74) is 0.910. The van der Waals surface area contributed by atoms with Crippen molar-refractivity contribution in [2.75, 3.05) is 26.7 Å². The summed E-state index contributed by atoms with van der Waals surface area (Å²) in [4.78, 5) is 26.6. The lowest BCUT2D eigenvalue weighted by atomic mass is 9.96. The van der Waals surface area contributed by atoms with Gasteiger partial charge in [0.25, 0.3) is 0 Å². The molecule has 2 rings (SSSR count). The largest absolute Gasteiger partial charge is 0.356 e. The van der Waals surface area contributed by atoms with Crippen LogP contribution in [-0.4, -0.2) is 51.8 Å². The molecule has 2 amide bonds. The van der Waals surface area contributed by atoms with Crippen molar-refractivity contribution in [3.05, 3.63) is 29.8 Å². The summed E-state index contributed by atoms with van der Waals surface area (Å²) in [5, 5.41) is 2.91. The third-order valence-corrected chi connectivity index (χ3v) is 6.25. The molecule has 0 aliphatic carbocycles. The first-order valence-electron chi connectivity index (χ1n) is 9.45. The van der Waals surface area contributed by atoms with Crippen LogP contribution in [0.25, 0.3) is 0 Å². The Morgan fingerprint density at radius 2 is 1.93 bits per heavy atom. The number of rotatable bonds is 8. The Morgan fingerprint density at radius 1 is 1.22 bits per heavy atom. The van der Waals surface area contributed by atoms with Gasteiger partial charge >= 0.3 is 0 Å². The quantitative estimate of drug-likeness (QED) is 0.693. The maximum atomic E-state index is 12.5. The van der Waals surface area contributed by atoms with Crippen molar-refractivity contribution in [2.45, 2.75) is 43.9 Å². The van der Waals surface area contributed by atoms with Gasteiger partial charge in [0.05, 0.1) is 10.8 Å². The van der Waals surface area contributed by atoms with Crippen LogP contribution in [0.3, 0.4) is 0 Å². The zero-order valence-corrected chi connectivity index (χ0v) is 16.8. The number of aryl methyl sites for hydroxylation is 1. The van der Waals surface area contributed by atoms with E-state index in [4.69, 9.17) is 0 Å². The van der Waals surface area contributed by atoms with Gasteiger partial charge in [0.2, 0.25) is 21.8 Å². The maximum Gasteiger partial charge on any atom is 0.240 e. The molecule has 1 aromatic rings. The number of nitrogens with one attached hydrogen (secondary N) is 2. The summed E-state index contributed by atoms with van der Waals surface area (Å²) in [6, 6.07) is 6.55. The number of carbonyl (C=O) groups excluding carboxylic acids is 2. The number of piperidine rings is 1. The highest BCUT2D eigenvalue weighted by Crippen LogP contribution is 2.18. The lowest BCUT2D eigenvalue weighted by Crippen LogP contribution is -2.45. The van der Waals surface area contributed by atoms with Crippen LogP contribution in [0.5, 0.6) is 0 Å². The van der Waals surface area contributed by atoms with Crippen molar-refractivity contribution < 1.29 is 18.0 Å². The number of nitrogens with zero attached hydrogens (tertiary/aromatic N) is 1. The van der Waals surface area contributed by atoms with Crippen LogP contribution in [0.1, 0.15) is 38.2 Å². The van der Waals surface area contributed by atoms with Gasteiger partial charge in [-0.3, -0.25) is 9.59 Å². The van der Waals surface area contributed by atoms with Gasteiger partial charge in [-0.1, -0.05) is 19.1 Å². The Hall–Kier alpha value is -1.93. The first-order chi connectivity index (χ1) is 12.9. The number of amides is 2. The highest BCUT2D eigenvalue weighted by molar-refractivity contribution is 7.89. The average molecular weight is 396 g/mol. The van der Waals surface area contributed by atoms with Crippen LogP contribution in [0.15, 0.2) is 29.2 Å². The molecule has 0 bridgehead atoms. The molecule has 1 atom stereocenters. The van der Waals surface area contributed by atoms with E-state index in [1.165, 1.54) is 7.05 Å². The summed E-state index contributed by atoms with van der Waals surface area (Å²) >= 11 is 0. The number of carbonyl (C=O) groups is 2.